The van der Waals surface area contributed by atoms with Gasteiger partial charge in [0.05, 0.1) is 0 Å². The quantitative estimate of drug-likeness (QED) is 0.858. The summed E-state index contributed by atoms with van der Waals surface area (Å²) in [5, 5.41) is 6.65. The molecule has 0 aliphatic carbocycles. The first-order valence-electron chi connectivity index (χ1n) is 6.81. The van der Waals surface area contributed by atoms with E-state index in [4.69, 9.17) is 11.6 Å². The van der Waals surface area contributed by atoms with Crippen molar-refractivity contribution in [1.29, 1.82) is 0 Å². The number of halogens is 1. The van der Waals surface area contributed by atoms with E-state index in [1.165, 1.54) is 4.90 Å². The van der Waals surface area contributed by atoms with Crippen LogP contribution in [0, 0.1) is 0 Å². The zero-order valence-corrected chi connectivity index (χ0v) is 14.1. The highest BCUT2D eigenvalue weighted by Gasteiger charge is 2.19. The normalized spacial score (nSPS) is 16.2. The largest absolute Gasteiger partial charge is 0.388 e. The molecular formula is C14H17ClN4S2. The Morgan fingerprint density at radius 1 is 1.19 bits per heavy atom. The molecule has 2 aromatic rings. The Balaban J connectivity index is 1.53. The van der Waals surface area contributed by atoms with Crippen molar-refractivity contribution in [3.05, 3.63) is 34.8 Å². The average Bonchev–Trinajstić information content (AvgIpc) is 2.95. The molecule has 112 valence electrons. The lowest BCUT2D eigenvalue weighted by Gasteiger charge is -2.33. The molecule has 0 spiro atoms. The Labute approximate surface area is 138 Å². The van der Waals surface area contributed by atoms with E-state index in [9.17, 15) is 0 Å². The van der Waals surface area contributed by atoms with Crippen LogP contribution in [0.5, 0.6) is 0 Å². The molecule has 1 aromatic carbocycles. The summed E-state index contributed by atoms with van der Waals surface area (Å²) < 4.78 is 2.40. The van der Waals surface area contributed by atoms with Crippen LogP contribution in [0.1, 0.15) is 0 Å². The molecular weight excluding hydrogens is 324 g/mol. The average molecular weight is 341 g/mol. The van der Waals surface area contributed by atoms with Crippen molar-refractivity contribution >= 4 is 45.7 Å². The van der Waals surface area contributed by atoms with E-state index in [2.05, 4.69) is 43.8 Å². The van der Waals surface area contributed by atoms with Gasteiger partial charge in [-0.15, -0.1) is 11.3 Å². The third kappa shape index (κ3) is 3.83. The van der Waals surface area contributed by atoms with Crippen LogP contribution >= 0.6 is 34.9 Å². The number of anilines is 2. The van der Waals surface area contributed by atoms with Crippen molar-refractivity contribution in [3.63, 3.8) is 0 Å². The lowest BCUT2D eigenvalue weighted by Crippen LogP contribution is -2.43. The first kappa shape index (κ1) is 15.0. The van der Waals surface area contributed by atoms with Crippen molar-refractivity contribution < 1.29 is 0 Å². The smallest absolute Gasteiger partial charge is 0.186 e. The van der Waals surface area contributed by atoms with Gasteiger partial charge in [-0.25, -0.2) is 9.29 Å². The standard InChI is InChI=1S/C14H17ClN4S2/c1-16-11-2-4-12(5-3-11)21-19-8-6-18(7-9-19)14-17-13(15)10-20-14/h2-5,10,16H,6-9H2,1H3. The van der Waals surface area contributed by atoms with E-state index in [0.717, 1.165) is 37.0 Å². The third-order valence-corrected chi connectivity index (χ3v) is 5.68. The van der Waals surface area contributed by atoms with E-state index in [1.54, 1.807) is 11.3 Å². The lowest BCUT2D eigenvalue weighted by molar-refractivity contribution is 0.429. The summed E-state index contributed by atoms with van der Waals surface area (Å²) >= 11 is 9.33. The Kier molecular flexibility index (Phi) is 4.90. The number of thiazole rings is 1. The van der Waals surface area contributed by atoms with E-state index in [0.29, 0.717) is 5.15 Å². The monoisotopic (exact) mass is 340 g/mol. The van der Waals surface area contributed by atoms with E-state index >= 15 is 0 Å². The highest BCUT2D eigenvalue weighted by molar-refractivity contribution is 7.97. The first-order valence-corrected chi connectivity index (χ1v) is 8.84. The Morgan fingerprint density at radius 2 is 1.90 bits per heavy atom. The maximum atomic E-state index is 5.89. The molecule has 3 rings (SSSR count). The number of hydrogen-bond acceptors (Lipinski definition) is 6. The van der Waals surface area contributed by atoms with Crippen molar-refractivity contribution in [1.82, 2.24) is 9.29 Å². The fraction of sp³-hybridized carbons (Fsp3) is 0.357. The number of rotatable bonds is 4. The molecule has 0 atom stereocenters. The number of benzene rings is 1. The fourth-order valence-electron chi connectivity index (χ4n) is 2.19. The second-order valence-corrected chi connectivity index (χ2v) is 7.13. The van der Waals surface area contributed by atoms with E-state index < -0.39 is 0 Å². The molecule has 1 aliphatic heterocycles. The van der Waals surface area contributed by atoms with Crippen LogP contribution in [0.3, 0.4) is 0 Å². The molecule has 1 N–H and O–H groups in total. The summed E-state index contributed by atoms with van der Waals surface area (Å²) in [7, 11) is 1.94. The molecule has 0 amide bonds. The van der Waals surface area contributed by atoms with Crippen molar-refractivity contribution in [3.8, 4) is 0 Å². The van der Waals surface area contributed by atoms with Gasteiger partial charge in [-0.05, 0) is 36.2 Å². The predicted octanol–water partition coefficient (Wildman–Crippen LogP) is 3.67. The van der Waals surface area contributed by atoms with E-state index in [-0.39, 0.29) is 0 Å². The molecule has 0 radical (unpaired) electrons. The molecule has 7 heteroatoms. The molecule has 21 heavy (non-hydrogen) atoms. The third-order valence-electron chi connectivity index (χ3n) is 3.35. The SMILES string of the molecule is CNc1ccc(SN2CCN(c3nc(Cl)cs3)CC2)cc1. The second-order valence-electron chi connectivity index (χ2n) is 4.73. The van der Waals surface area contributed by atoms with Gasteiger partial charge in [0.25, 0.3) is 0 Å². The number of aromatic nitrogens is 1. The molecule has 2 heterocycles. The number of nitrogens with one attached hydrogen (secondary N) is 1. The topological polar surface area (TPSA) is 31.4 Å². The molecule has 1 aromatic heterocycles. The Hall–Kier alpha value is -0.950. The summed E-state index contributed by atoms with van der Waals surface area (Å²) in [6, 6.07) is 8.53. The van der Waals surface area contributed by atoms with Crippen LogP contribution in [0.4, 0.5) is 10.8 Å². The van der Waals surface area contributed by atoms with Crippen LogP contribution in [-0.2, 0) is 0 Å². The minimum atomic E-state index is 0.594. The van der Waals surface area contributed by atoms with Gasteiger partial charge in [-0.3, -0.25) is 0 Å². The molecule has 1 fully saturated rings. The highest BCUT2D eigenvalue weighted by atomic mass is 35.5. The van der Waals surface area contributed by atoms with Gasteiger partial charge >= 0.3 is 0 Å². The highest BCUT2D eigenvalue weighted by Crippen LogP contribution is 2.28. The fourth-order valence-corrected chi connectivity index (χ4v) is 4.10. The van der Waals surface area contributed by atoms with Gasteiger partial charge in [0, 0.05) is 49.2 Å². The summed E-state index contributed by atoms with van der Waals surface area (Å²) in [6.45, 7) is 4.03. The van der Waals surface area contributed by atoms with Crippen LogP contribution < -0.4 is 10.2 Å². The summed E-state index contributed by atoms with van der Waals surface area (Å²) in [6.07, 6.45) is 0. The number of hydrogen-bond donors (Lipinski definition) is 1. The Morgan fingerprint density at radius 3 is 2.48 bits per heavy atom. The maximum absolute atomic E-state index is 5.89. The van der Waals surface area contributed by atoms with Gasteiger partial charge in [0.15, 0.2) is 5.13 Å². The molecule has 0 bridgehead atoms. The van der Waals surface area contributed by atoms with Gasteiger partial charge in [-0.2, -0.15) is 0 Å². The Bertz CT molecular complexity index is 579. The molecule has 4 nitrogen and oxygen atoms in total. The van der Waals surface area contributed by atoms with Crippen LogP contribution in [0.25, 0.3) is 0 Å². The predicted molar refractivity (Wildman–Crippen MR) is 92.8 cm³/mol. The minimum Gasteiger partial charge on any atom is -0.388 e. The van der Waals surface area contributed by atoms with Gasteiger partial charge in [0.2, 0.25) is 0 Å². The molecule has 0 saturated carbocycles. The molecule has 1 saturated heterocycles. The van der Waals surface area contributed by atoms with Gasteiger partial charge < -0.3 is 10.2 Å². The van der Waals surface area contributed by atoms with E-state index in [1.807, 2.05) is 24.4 Å². The minimum absolute atomic E-state index is 0.594. The summed E-state index contributed by atoms with van der Waals surface area (Å²) in [5.74, 6) is 0. The first-order chi connectivity index (χ1) is 10.2. The van der Waals surface area contributed by atoms with Crippen LogP contribution in [0.15, 0.2) is 34.5 Å². The maximum Gasteiger partial charge on any atom is 0.186 e. The van der Waals surface area contributed by atoms with Crippen LogP contribution in [-0.4, -0.2) is 42.5 Å². The number of piperazine rings is 1. The zero-order chi connectivity index (χ0) is 14.7. The lowest BCUT2D eigenvalue weighted by atomic mass is 10.3. The second kappa shape index (κ2) is 6.87. The molecule has 0 unspecified atom stereocenters. The van der Waals surface area contributed by atoms with Crippen LogP contribution in [0.2, 0.25) is 5.15 Å². The van der Waals surface area contributed by atoms with Gasteiger partial charge in [-0.1, -0.05) is 11.6 Å². The summed E-state index contributed by atoms with van der Waals surface area (Å²) in [5.41, 5.74) is 1.14. The number of nitrogens with zero attached hydrogens (tertiary/aromatic N) is 3. The van der Waals surface area contributed by atoms with Crippen molar-refractivity contribution in [2.24, 2.45) is 0 Å². The van der Waals surface area contributed by atoms with Crippen molar-refractivity contribution in [2.75, 3.05) is 43.4 Å². The molecule has 1 aliphatic rings. The van der Waals surface area contributed by atoms with Crippen molar-refractivity contribution in [2.45, 2.75) is 4.90 Å². The zero-order valence-electron chi connectivity index (χ0n) is 11.8. The van der Waals surface area contributed by atoms with Gasteiger partial charge in [0.1, 0.15) is 5.15 Å². The summed E-state index contributed by atoms with van der Waals surface area (Å²) in [4.78, 5) is 7.92.